The highest BCUT2D eigenvalue weighted by Crippen LogP contribution is 2.30. The number of pyridine rings is 1. The lowest BCUT2D eigenvalue weighted by Crippen LogP contribution is -2.37. The van der Waals surface area contributed by atoms with Gasteiger partial charge in [-0.1, -0.05) is 23.4 Å². The van der Waals surface area contributed by atoms with Gasteiger partial charge in [0.1, 0.15) is 11.9 Å². The van der Waals surface area contributed by atoms with Crippen molar-refractivity contribution in [2.75, 3.05) is 13.1 Å². The molecule has 3 heterocycles. The first kappa shape index (κ1) is 20.3. The number of halogens is 3. The highest BCUT2D eigenvalue weighted by molar-refractivity contribution is 5.27. The summed E-state index contributed by atoms with van der Waals surface area (Å²) in [4.78, 5) is 10.6. The molecule has 0 unspecified atom stereocenters. The molecule has 0 aliphatic carbocycles. The molecule has 0 N–H and O–H groups in total. The van der Waals surface area contributed by atoms with Crippen LogP contribution in [0, 0.1) is 0 Å². The minimum absolute atomic E-state index is 0.143. The third-order valence-corrected chi connectivity index (χ3v) is 4.96. The standard InChI is InChI=1S/C21H21F3N4O2/c22-21(23,24)16-4-1-3-15(11-16)12-19-26-20(30-27-19)14-28-9-6-17(7-10-28)29-18-5-2-8-25-13-18/h1-5,8,11,13,17H,6-7,9-10,12,14H2. The molecule has 0 bridgehead atoms. The summed E-state index contributed by atoms with van der Waals surface area (Å²) in [5.41, 5.74) is -0.189. The summed E-state index contributed by atoms with van der Waals surface area (Å²) in [6.45, 7) is 2.17. The number of hydrogen-bond donors (Lipinski definition) is 0. The minimum Gasteiger partial charge on any atom is -0.489 e. The molecule has 1 saturated heterocycles. The zero-order chi connectivity index (χ0) is 21.0. The number of likely N-dealkylation sites (tertiary alicyclic amines) is 1. The molecular weight excluding hydrogens is 397 g/mol. The average Bonchev–Trinajstić information content (AvgIpc) is 3.16. The van der Waals surface area contributed by atoms with Crippen LogP contribution in [0.3, 0.4) is 0 Å². The molecule has 30 heavy (non-hydrogen) atoms. The van der Waals surface area contributed by atoms with Gasteiger partial charge >= 0.3 is 6.18 Å². The van der Waals surface area contributed by atoms with Crippen molar-refractivity contribution in [2.45, 2.75) is 38.1 Å². The molecule has 1 aromatic carbocycles. The van der Waals surface area contributed by atoms with Gasteiger partial charge in [-0.05, 0) is 36.6 Å². The van der Waals surface area contributed by atoms with Crippen LogP contribution in [0.1, 0.15) is 35.7 Å². The maximum absolute atomic E-state index is 12.9. The number of hydrogen-bond acceptors (Lipinski definition) is 6. The van der Waals surface area contributed by atoms with E-state index in [1.54, 1.807) is 18.5 Å². The van der Waals surface area contributed by atoms with Crippen molar-refractivity contribution in [3.8, 4) is 5.75 Å². The number of rotatable bonds is 6. The van der Waals surface area contributed by atoms with Crippen molar-refractivity contribution in [1.82, 2.24) is 20.0 Å². The summed E-state index contributed by atoms with van der Waals surface area (Å²) in [5, 5.41) is 3.91. The van der Waals surface area contributed by atoms with E-state index in [0.29, 0.717) is 23.8 Å². The second kappa shape index (κ2) is 8.83. The maximum atomic E-state index is 12.9. The summed E-state index contributed by atoms with van der Waals surface area (Å²) >= 11 is 0. The lowest BCUT2D eigenvalue weighted by Gasteiger charge is -2.31. The van der Waals surface area contributed by atoms with Gasteiger partial charge < -0.3 is 9.26 Å². The molecule has 4 rings (SSSR count). The Labute approximate surface area is 171 Å². The minimum atomic E-state index is -4.37. The van der Waals surface area contributed by atoms with Gasteiger partial charge in [0.15, 0.2) is 5.82 Å². The van der Waals surface area contributed by atoms with Crippen LogP contribution in [0.15, 0.2) is 53.3 Å². The highest BCUT2D eigenvalue weighted by Gasteiger charge is 2.30. The molecule has 2 aromatic heterocycles. The zero-order valence-electron chi connectivity index (χ0n) is 16.2. The summed E-state index contributed by atoms with van der Waals surface area (Å²) < 4.78 is 49.8. The molecule has 9 heteroatoms. The van der Waals surface area contributed by atoms with Gasteiger partial charge in [0.2, 0.25) is 5.89 Å². The number of alkyl halides is 3. The van der Waals surface area contributed by atoms with Gasteiger partial charge in [-0.3, -0.25) is 9.88 Å². The number of aromatic nitrogens is 3. The first-order valence-corrected chi connectivity index (χ1v) is 9.72. The third kappa shape index (κ3) is 5.35. The van der Waals surface area contributed by atoms with Crippen molar-refractivity contribution < 1.29 is 22.4 Å². The molecule has 0 atom stereocenters. The Kier molecular flexibility index (Phi) is 5.98. The van der Waals surface area contributed by atoms with E-state index in [4.69, 9.17) is 9.26 Å². The topological polar surface area (TPSA) is 64.3 Å². The fourth-order valence-corrected chi connectivity index (χ4v) is 3.45. The third-order valence-electron chi connectivity index (χ3n) is 4.96. The van der Waals surface area contributed by atoms with Gasteiger partial charge in [0.25, 0.3) is 0 Å². The quantitative estimate of drug-likeness (QED) is 0.600. The number of benzene rings is 1. The number of nitrogens with zero attached hydrogens (tertiary/aromatic N) is 4. The Morgan fingerprint density at radius 1 is 1.13 bits per heavy atom. The van der Waals surface area contributed by atoms with E-state index in [-0.39, 0.29) is 12.5 Å². The van der Waals surface area contributed by atoms with Gasteiger partial charge in [-0.25, -0.2) is 0 Å². The Morgan fingerprint density at radius 3 is 2.70 bits per heavy atom. The molecule has 0 saturated carbocycles. The molecule has 158 valence electrons. The molecule has 3 aromatic rings. The summed E-state index contributed by atoms with van der Waals surface area (Å²) in [5.74, 6) is 1.61. The van der Waals surface area contributed by atoms with Crippen LogP contribution in [-0.4, -0.2) is 39.2 Å². The van der Waals surface area contributed by atoms with Gasteiger partial charge in [0.05, 0.1) is 18.3 Å². The summed E-state index contributed by atoms with van der Waals surface area (Å²) in [6, 6.07) is 8.91. The van der Waals surface area contributed by atoms with Crippen LogP contribution in [0.2, 0.25) is 0 Å². The smallest absolute Gasteiger partial charge is 0.416 e. The van der Waals surface area contributed by atoms with Gasteiger partial charge in [-0.15, -0.1) is 0 Å². The highest BCUT2D eigenvalue weighted by atomic mass is 19.4. The molecule has 1 aliphatic heterocycles. The molecule has 0 radical (unpaired) electrons. The van der Waals surface area contributed by atoms with Crippen molar-refractivity contribution >= 4 is 0 Å². The van der Waals surface area contributed by atoms with E-state index in [1.807, 2.05) is 12.1 Å². The molecule has 1 fully saturated rings. The van der Waals surface area contributed by atoms with Crippen LogP contribution < -0.4 is 4.74 Å². The Bertz CT molecular complexity index is 954. The van der Waals surface area contributed by atoms with E-state index in [0.717, 1.165) is 43.8 Å². The fourth-order valence-electron chi connectivity index (χ4n) is 3.45. The van der Waals surface area contributed by atoms with Gasteiger partial charge in [-0.2, -0.15) is 18.2 Å². The van der Waals surface area contributed by atoms with E-state index in [1.165, 1.54) is 6.07 Å². The summed E-state index contributed by atoms with van der Waals surface area (Å²) in [7, 11) is 0. The SMILES string of the molecule is FC(F)(F)c1cccc(Cc2noc(CN3CCC(Oc4cccnc4)CC3)n2)c1. The molecular formula is C21H21F3N4O2. The van der Waals surface area contributed by atoms with Crippen molar-refractivity contribution in [1.29, 1.82) is 0 Å². The monoisotopic (exact) mass is 418 g/mol. The molecule has 6 nitrogen and oxygen atoms in total. The molecule has 0 spiro atoms. The van der Waals surface area contributed by atoms with Crippen molar-refractivity contribution in [3.05, 3.63) is 71.6 Å². The van der Waals surface area contributed by atoms with Crippen molar-refractivity contribution in [2.24, 2.45) is 0 Å². The van der Waals surface area contributed by atoms with Crippen LogP contribution in [0.4, 0.5) is 13.2 Å². The van der Waals surface area contributed by atoms with Crippen LogP contribution in [0.25, 0.3) is 0 Å². The van der Waals surface area contributed by atoms with E-state index >= 15 is 0 Å². The predicted molar refractivity (Wildman–Crippen MR) is 102 cm³/mol. The number of ether oxygens (including phenoxy) is 1. The second-order valence-electron chi connectivity index (χ2n) is 7.26. The largest absolute Gasteiger partial charge is 0.489 e. The first-order valence-electron chi connectivity index (χ1n) is 9.72. The van der Waals surface area contributed by atoms with E-state index in [2.05, 4.69) is 20.0 Å². The average molecular weight is 418 g/mol. The van der Waals surface area contributed by atoms with Gasteiger partial charge in [0, 0.05) is 25.7 Å². The molecule has 0 amide bonds. The maximum Gasteiger partial charge on any atom is 0.416 e. The Balaban J connectivity index is 1.28. The Morgan fingerprint density at radius 2 is 1.97 bits per heavy atom. The second-order valence-corrected chi connectivity index (χ2v) is 7.26. The van der Waals surface area contributed by atoms with Crippen LogP contribution in [0.5, 0.6) is 5.75 Å². The normalized spacial score (nSPS) is 16.0. The Hall–Kier alpha value is -2.94. The first-order chi connectivity index (χ1) is 14.5. The summed E-state index contributed by atoms with van der Waals surface area (Å²) in [6.07, 6.45) is 1.13. The lowest BCUT2D eigenvalue weighted by molar-refractivity contribution is -0.137. The lowest BCUT2D eigenvalue weighted by atomic mass is 10.1. The van der Waals surface area contributed by atoms with E-state index in [9.17, 15) is 13.2 Å². The zero-order valence-corrected chi connectivity index (χ0v) is 16.2. The fraction of sp³-hybridized carbons (Fsp3) is 0.381. The van der Waals surface area contributed by atoms with Crippen LogP contribution in [-0.2, 0) is 19.1 Å². The van der Waals surface area contributed by atoms with Crippen molar-refractivity contribution in [3.63, 3.8) is 0 Å². The molecule has 1 aliphatic rings. The van der Waals surface area contributed by atoms with Crippen LogP contribution >= 0.6 is 0 Å². The number of piperidine rings is 1. The predicted octanol–water partition coefficient (Wildman–Crippen LogP) is 4.12. The van der Waals surface area contributed by atoms with E-state index < -0.39 is 11.7 Å².